The Hall–Kier alpha value is -2.31. The number of pyridine rings is 1. The van der Waals surface area contributed by atoms with Gasteiger partial charge in [-0.2, -0.15) is 0 Å². The Morgan fingerprint density at radius 1 is 1.56 bits per heavy atom. The van der Waals surface area contributed by atoms with Gasteiger partial charge in [-0.15, -0.1) is 0 Å². The first kappa shape index (κ1) is 11.8. The Morgan fingerprint density at radius 2 is 2.31 bits per heavy atom. The van der Waals surface area contributed by atoms with Crippen molar-refractivity contribution in [3.8, 4) is 0 Å². The standard InChI is InChI=1S/C9H12N4O3/c10-7(13-16)4-5-11-9(15)6-2-1-3-8(14)12-6/h1-3,16H,4-5H2,(H2,10,13)(H,11,15)(H,12,14). The Labute approximate surface area is 91.0 Å². The predicted octanol–water partition coefficient (Wildman–Crippen LogP) is -0.759. The molecule has 5 N–H and O–H groups in total. The molecule has 0 atom stereocenters. The van der Waals surface area contributed by atoms with Gasteiger partial charge >= 0.3 is 0 Å². The van der Waals surface area contributed by atoms with Gasteiger partial charge in [0.15, 0.2) is 0 Å². The van der Waals surface area contributed by atoms with Crippen LogP contribution in [0.2, 0.25) is 0 Å². The molecule has 7 heteroatoms. The first-order chi connectivity index (χ1) is 7.63. The molecule has 0 radical (unpaired) electrons. The van der Waals surface area contributed by atoms with Crippen molar-refractivity contribution in [3.05, 3.63) is 34.2 Å². The fourth-order valence-electron chi connectivity index (χ4n) is 1.03. The molecule has 1 rings (SSSR count). The first-order valence-electron chi connectivity index (χ1n) is 4.57. The minimum Gasteiger partial charge on any atom is -0.409 e. The zero-order chi connectivity index (χ0) is 12.0. The quantitative estimate of drug-likeness (QED) is 0.232. The minimum atomic E-state index is -0.413. The summed E-state index contributed by atoms with van der Waals surface area (Å²) < 4.78 is 0. The number of hydrogen-bond acceptors (Lipinski definition) is 4. The van der Waals surface area contributed by atoms with E-state index in [2.05, 4.69) is 15.5 Å². The molecule has 0 spiro atoms. The van der Waals surface area contributed by atoms with E-state index in [1.165, 1.54) is 18.2 Å². The smallest absolute Gasteiger partial charge is 0.267 e. The molecule has 86 valence electrons. The van der Waals surface area contributed by atoms with Crippen LogP contribution >= 0.6 is 0 Å². The van der Waals surface area contributed by atoms with Crippen LogP contribution in [-0.2, 0) is 0 Å². The van der Waals surface area contributed by atoms with Crippen molar-refractivity contribution in [2.75, 3.05) is 6.54 Å². The topological polar surface area (TPSA) is 121 Å². The van der Waals surface area contributed by atoms with Gasteiger partial charge in [0, 0.05) is 19.0 Å². The molecule has 16 heavy (non-hydrogen) atoms. The van der Waals surface area contributed by atoms with E-state index in [0.717, 1.165) is 0 Å². The molecule has 0 aliphatic rings. The third-order valence-electron chi connectivity index (χ3n) is 1.81. The Kier molecular flexibility index (Phi) is 4.07. The number of aromatic amines is 1. The normalized spacial score (nSPS) is 11.1. The lowest BCUT2D eigenvalue weighted by atomic mass is 10.3. The van der Waals surface area contributed by atoms with Crippen LogP contribution in [0.4, 0.5) is 0 Å². The number of H-pyrrole nitrogens is 1. The van der Waals surface area contributed by atoms with Crippen LogP contribution in [0.25, 0.3) is 0 Å². The second kappa shape index (κ2) is 5.54. The summed E-state index contributed by atoms with van der Waals surface area (Å²) in [4.78, 5) is 24.7. The highest BCUT2D eigenvalue weighted by atomic mass is 16.4. The number of amides is 1. The largest absolute Gasteiger partial charge is 0.409 e. The van der Waals surface area contributed by atoms with Crippen LogP contribution in [0.3, 0.4) is 0 Å². The van der Waals surface area contributed by atoms with Gasteiger partial charge in [0.1, 0.15) is 11.5 Å². The molecule has 0 aromatic carbocycles. The van der Waals surface area contributed by atoms with Gasteiger partial charge in [-0.05, 0) is 6.07 Å². The van der Waals surface area contributed by atoms with Crippen LogP contribution < -0.4 is 16.6 Å². The highest BCUT2D eigenvalue weighted by molar-refractivity contribution is 5.92. The van der Waals surface area contributed by atoms with E-state index in [1.54, 1.807) is 0 Å². The van der Waals surface area contributed by atoms with E-state index < -0.39 is 5.91 Å². The first-order valence-corrected chi connectivity index (χ1v) is 4.57. The minimum absolute atomic E-state index is 0.0295. The van der Waals surface area contributed by atoms with Gasteiger partial charge in [-0.3, -0.25) is 9.59 Å². The van der Waals surface area contributed by atoms with Gasteiger partial charge in [0.25, 0.3) is 5.91 Å². The highest BCUT2D eigenvalue weighted by Crippen LogP contribution is 1.89. The fourth-order valence-corrected chi connectivity index (χ4v) is 1.03. The third kappa shape index (κ3) is 3.45. The summed E-state index contributed by atoms with van der Waals surface area (Å²) in [5, 5.41) is 13.5. The van der Waals surface area contributed by atoms with Crippen molar-refractivity contribution < 1.29 is 10.0 Å². The molecule has 0 aliphatic carbocycles. The number of carbonyl (C=O) groups is 1. The van der Waals surface area contributed by atoms with E-state index in [-0.39, 0.29) is 30.1 Å². The molecule has 1 aromatic heterocycles. The van der Waals surface area contributed by atoms with Crippen molar-refractivity contribution in [1.82, 2.24) is 10.3 Å². The van der Waals surface area contributed by atoms with E-state index in [1.807, 2.05) is 0 Å². The fraction of sp³-hybridized carbons (Fsp3) is 0.222. The second-order valence-electron chi connectivity index (χ2n) is 3.03. The highest BCUT2D eigenvalue weighted by Gasteiger charge is 2.05. The maximum Gasteiger partial charge on any atom is 0.267 e. The van der Waals surface area contributed by atoms with E-state index in [9.17, 15) is 9.59 Å². The van der Waals surface area contributed by atoms with Crippen molar-refractivity contribution in [1.29, 1.82) is 0 Å². The number of aromatic nitrogens is 1. The van der Waals surface area contributed by atoms with Crippen molar-refractivity contribution >= 4 is 11.7 Å². The molecule has 0 bridgehead atoms. The maximum absolute atomic E-state index is 11.4. The van der Waals surface area contributed by atoms with Gasteiger partial charge in [-0.25, -0.2) is 0 Å². The van der Waals surface area contributed by atoms with Crippen molar-refractivity contribution in [2.45, 2.75) is 6.42 Å². The Morgan fingerprint density at radius 3 is 2.94 bits per heavy atom. The van der Waals surface area contributed by atoms with Crippen LogP contribution in [0, 0.1) is 0 Å². The number of hydrogen-bond donors (Lipinski definition) is 4. The summed E-state index contributed by atoms with van der Waals surface area (Å²) in [6.45, 7) is 0.228. The van der Waals surface area contributed by atoms with E-state index in [4.69, 9.17) is 10.9 Å². The molecule has 1 amide bonds. The molecule has 0 fully saturated rings. The zero-order valence-electron chi connectivity index (χ0n) is 8.43. The summed E-state index contributed by atoms with van der Waals surface area (Å²) in [7, 11) is 0. The lowest BCUT2D eigenvalue weighted by molar-refractivity contribution is 0.0949. The number of amidine groups is 1. The van der Waals surface area contributed by atoms with Crippen LogP contribution in [-0.4, -0.2) is 28.5 Å². The average molecular weight is 224 g/mol. The lowest BCUT2D eigenvalue weighted by Gasteiger charge is -2.03. The molecular formula is C9H12N4O3. The third-order valence-corrected chi connectivity index (χ3v) is 1.81. The Bertz CT molecular complexity index is 452. The van der Waals surface area contributed by atoms with Crippen LogP contribution in [0.15, 0.2) is 28.1 Å². The molecule has 0 saturated carbocycles. The predicted molar refractivity (Wildman–Crippen MR) is 57.4 cm³/mol. The molecule has 1 heterocycles. The number of rotatable bonds is 4. The summed E-state index contributed by atoms with van der Waals surface area (Å²) in [5.74, 6) is -0.384. The molecule has 7 nitrogen and oxygen atoms in total. The van der Waals surface area contributed by atoms with Gasteiger partial charge in [0.05, 0.1) is 0 Å². The number of nitrogens with two attached hydrogens (primary N) is 1. The summed E-state index contributed by atoms with van der Waals surface area (Å²) >= 11 is 0. The van der Waals surface area contributed by atoms with Gasteiger partial charge in [-0.1, -0.05) is 11.2 Å². The molecule has 1 aromatic rings. The number of nitrogens with one attached hydrogen (secondary N) is 2. The monoisotopic (exact) mass is 224 g/mol. The lowest BCUT2D eigenvalue weighted by Crippen LogP contribution is -2.29. The van der Waals surface area contributed by atoms with E-state index in [0.29, 0.717) is 0 Å². The SMILES string of the molecule is N/C(CCNC(=O)c1cccc(=O)[nH]1)=N/O. The number of nitrogens with zero attached hydrogens (tertiary/aromatic N) is 1. The molecule has 0 unspecified atom stereocenters. The number of carbonyl (C=O) groups excluding carboxylic acids is 1. The summed E-state index contributed by atoms with van der Waals surface area (Å²) in [5.41, 5.74) is 5.04. The van der Waals surface area contributed by atoms with Crippen molar-refractivity contribution in [3.63, 3.8) is 0 Å². The summed E-state index contributed by atoms with van der Waals surface area (Å²) in [6, 6.07) is 4.28. The Balaban J connectivity index is 2.50. The summed E-state index contributed by atoms with van der Waals surface area (Å²) in [6.07, 6.45) is 0.235. The molecule has 0 saturated heterocycles. The van der Waals surface area contributed by atoms with Crippen molar-refractivity contribution in [2.24, 2.45) is 10.9 Å². The second-order valence-corrected chi connectivity index (χ2v) is 3.03. The average Bonchev–Trinajstić information content (AvgIpc) is 2.28. The zero-order valence-corrected chi connectivity index (χ0v) is 8.43. The van der Waals surface area contributed by atoms with Crippen LogP contribution in [0.5, 0.6) is 0 Å². The van der Waals surface area contributed by atoms with E-state index >= 15 is 0 Å². The molecular weight excluding hydrogens is 212 g/mol. The number of oxime groups is 1. The maximum atomic E-state index is 11.4. The van der Waals surface area contributed by atoms with Gasteiger partial charge < -0.3 is 21.2 Å². The van der Waals surface area contributed by atoms with Gasteiger partial charge in [0.2, 0.25) is 5.56 Å². The molecule has 0 aliphatic heterocycles. The van der Waals surface area contributed by atoms with Crippen LogP contribution in [0.1, 0.15) is 16.9 Å².